The quantitative estimate of drug-likeness (QED) is 0.428. The van der Waals surface area contributed by atoms with E-state index >= 15 is 0 Å². The average molecular weight is 449 g/mol. The molecule has 0 radical (unpaired) electrons. The fourth-order valence-electron chi connectivity index (χ4n) is 4.18. The van der Waals surface area contributed by atoms with Crippen LogP contribution in [0.1, 0.15) is 47.6 Å². The van der Waals surface area contributed by atoms with Gasteiger partial charge >= 0.3 is 0 Å². The summed E-state index contributed by atoms with van der Waals surface area (Å²) in [6.07, 6.45) is 4.52. The second-order valence-corrected chi connectivity index (χ2v) is 9.50. The lowest BCUT2D eigenvalue weighted by Gasteiger charge is -2.26. The Hall–Kier alpha value is -2.90. The first-order chi connectivity index (χ1) is 15.6. The molecule has 0 spiro atoms. The number of hydrogen-bond donors (Lipinski definition) is 2. The smallest absolute Gasteiger partial charge is 0.223 e. The number of thiazole rings is 1. The van der Waals surface area contributed by atoms with Crippen molar-refractivity contribution in [3.8, 4) is 0 Å². The summed E-state index contributed by atoms with van der Waals surface area (Å²) in [5.41, 5.74) is 3.85. The highest BCUT2D eigenvalue weighted by atomic mass is 32.1. The molecule has 0 bridgehead atoms. The zero-order chi connectivity index (χ0) is 21.9. The van der Waals surface area contributed by atoms with E-state index in [0.29, 0.717) is 12.4 Å². The Kier molecular flexibility index (Phi) is 6.10. The number of anilines is 1. The summed E-state index contributed by atoms with van der Waals surface area (Å²) in [5.74, 6) is 0.381. The van der Waals surface area contributed by atoms with E-state index in [0.717, 1.165) is 58.7 Å². The van der Waals surface area contributed by atoms with E-state index < -0.39 is 0 Å². The van der Waals surface area contributed by atoms with Crippen LogP contribution in [0.15, 0.2) is 54.6 Å². The highest BCUT2D eigenvalue weighted by Crippen LogP contribution is 2.26. The zero-order valence-electron chi connectivity index (χ0n) is 17.7. The molecular weight excluding hydrogens is 423 g/mol. The van der Waals surface area contributed by atoms with Crippen LogP contribution in [0, 0.1) is 5.82 Å². The third-order valence-corrected chi connectivity index (χ3v) is 6.84. The van der Waals surface area contributed by atoms with Gasteiger partial charge in [-0.15, -0.1) is 11.3 Å². The topological polar surface area (TPSA) is 70.9 Å². The van der Waals surface area contributed by atoms with Crippen molar-refractivity contribution in [3.63, 3.8) is 0 Å². The van der Waals surface area contributed by atoms with Gasteiger partial charge < -0.3 is 10.4 Å². The molecule has 7 heteroatoms. The lowest BCUT2D eigenvalue weighted by molar-refractivity contribution is 0.126. The second-order valence-electron chi connectivity index (χ2n) is 8.38. The molecular formula is C25H25FN4OS. The third-order valence-electron chi connectivity index (χ3n) is 5.82. The van der Waals surface area contributed by atoms with Gasteiger partial charge in [-0.25, -0.2) is 19.3 Å². The number of halogens is 1. The number of rotatable bonds is 6. The summed E-state index contributed by atoms with van der Waals surface area (Å²) in [7, 11) is 0. The fraction of sp³-hybridized carbons (Fsp3) is 0.320. The zero-order valence-corrected chi connectivity index (χ0v) is 18.5. The van der Waals surface area contributed by atoms with Crippen molar-refractivity contribution >= 4 is 27.5 Å². The highest BCUT2D eigenvalue weighted by Gasteiger charge is 2.20. The SMILES string of the molecule is OC1CCC(Nc2nc(Cc3ccccc3)cc(Cc3nc4ccc(F)cc4s3)n2)CC1. The minimum Gasteiger partial charge on any atom is -0.393 e. The van der Waals surface area contributed by atoms with Gasteiger partial charge in [0.1, 0.15) is 5.82 Å². The molecule has 0 aliphatic heterocycles. The number of aliphatic hydroxyl groups excluding tert-OH is 1. The van der Waals surface area contributed by atoms with Gasteiger partial charge in [0, 0.05) is 18.9 Å². The molecule has 2 aromatic heterocycles. The summed E-state index contributed by atoms with van der Waals surface area (Å²) in [6.45, 7) is 0. The standard InChI is InChI=1S/C25H25FN4OS/c26-17-6-11-22-23(13-17)32-24(30-22)15-20-14-19(12-16-4-2-1-3-5-16)28-25(29-20)27-18-7-9-21(31)10-8-18/h1-6,11,13-14,18,21,31H,7-10,12,15H2,(H,27,28,29). The maximum atomic E-state index is 13.6. The highest BCUT2D eigenvalue weighted by molar-refractivity contribution is 7.18. The van der Waals surface area contributed by atoms with Crippen molar-refractivity contribution in [2.24, 2.45) is 0 Å². The van der Waals surface area contributed by atoms with Crippen LogP contribution < -0.4 is 5.32 Å². The van der Waals surface area contributed by atoms with E-state index in [1.54, 1.807) is 6.07 Å². The van der Waals surface area contributed by atoms with Crippen LogP contribution >= 0.6 is 11.3 Å². The number of nitrogens with zero attached hydrogens (tertiary/aromatic N) is 3. The molecule has 0 amide bonds. The van der Waals surface area contributed by atoms with Crippen LogP contribution in [-0.2, 0) is 12.8 Å². The lowest BCUT2D eigenvalue weighted by atomic mass is 9.93. The first kappa shape index (κ1) is 21.0. The van der Waals surface area contributed by atoms with Crippen LogP contribution in [0.4, 0.5) is 10.3 Å². The Labute approximate surface area is 190 Å². The van der Waals surface area contributed by atoms with E-state index in [1.807, 2.05) is 24.3 Å². The molecule has 2 heterocycles. The van der Waals surface area contributed by atoms with Crippen LogP contribution in [0.5, 0.6) is 0 Å². The summed E-state index contributed by atoms with van der Waals surface area (Å²) >= 11 is 1.50. The summed E-state index contributed by atoms with van der Waals surface area (Å²) in [5, 5.41) is 14.2. The molecule has 4 aromatic rings. The molecule has 1 saturated carbocycles. The first-order valence-corrected chi connectivity index (χ1v) is 11.8. The Morgan fingerprint density at radius 1 is 0.906 bits per heavy atom. The van der Waals surface area contributed by atoms with Crippen molar-refractivity contribution in [1.29, 1.82) is 0 Å². The number of aliphatic hydroxyl groups is 1. The number of benzene rings is 2. The average Bonchev–Trinajstić information content (AvgIpc) is 3.17. The predicted octanol–water partition coefficient (Wildman–Crippen LogP) is 5.12. The number of aromatic nitrogens is 3. The monoisotopic (exact) mass is 448 g/mol. The Morgan fingerprint density at radius 3 is 2.44 bits per heavy atom. The maximum Gasteiger partial charge on any atom is 0.223 e. The van der Waals surface area contributed by atoms with Crippen LogP contribution in [0.2, 0.25) is 0 Å². The maximum absolute atomic E-state index is 13.6. The van der Waals surface area contributed by atoms with Gasteiger partial charge in [0.2, 0.25) is 5.95 Å². The normalized spacial score (nSPS) is 18.7. The summed E-state index contributed by atoms with van der Waals surface area (Å²) in [4.78, 5) is 14.2. The van der Waals surface area contributed by atoms with Crippen molar-refractivity contribution < 1.29 is 9.50 Å². The molecule has 5 rings (SSSR count). The van der Waals surface area contributed by atoms with Crippen molar-refractivity contribution in [2.75, 3.05) is 5.32 Å². The molecule has 1 aliphatic carbocycles. The van der Waals surface area contributed by atoms with Crippen LogP contribution in [-0.4, -0.2) is 32.2 Å². The van der Waals surface area contributed by atoms with E-state index in [2.05, 4.69) is 22.4 Å². The van der Waals surface area contributed by atoms with Gasteiger partial charge in [0.15, 0.2) is 0 Å². The lowest BCUT2D eigenvalue weighted by Crippen LogP contribution is -2.29. The second kappa shape index (κ2) is 9.30. The molecule has 0 saturated heterocycles. The fourth-order valence-corrected chi connectivity index (χ4v) is 5.19. The van der Waals surface area contributed by atoms with Gasteiger partial charge in [-0.1, -0.05) is 30.3 Å². The number of fused-ring (bicyclic) bond motifs is 1. The van der Waals surface area contributed by atoms with Crippen molar-refractivity contribution in [3.05, 3.63) is 82.4 Å². The molecule has 5 nitrogen and oxygen atoms in total. The number of hydrogen-bond acceptors (Lipinski definition) is 6. The Bertz CT molecular complexity index is 1210. The first-order valence-electron chi connectivity index (χ1n) is 11.0. The van der Waals surface area contributed by atoms with E-state index in [-0.39, 0.29) is 18.0 Å². The van der Waals surface area contributed by atoms with Crippen molar-refractivity contribution in [2.45, 2.75) is 50.7 Å². The summed E-state index contributed by atoms with van der Waals surface area (Å²) in [6, 6.07) is 17.3. The van der Waals surface area contributed by atoms with Gasteiger partial charge in [0.25, 0.3) is 0 Å². The molecule has 1 fully saturated rings. The molecule has 32 heavy (non-hydrogen) atoms. The number of nitrogens with one attached hydrogen (secondary N) is 1. The molecule has 0 unspecified atom stereocenters. The van der Waals surface area contributed by atoms with E-state index in [9.17, 15) is 9.50 Å². The molecule has 2 N–H and O–H groups in total. The van der Waals surface area contributed by atoms with Gasteiger partial charge in [-0.2, -0.15) is 0 Å². The molecule has 164 valence electrons. The minimum absolute atomic E-state index is 0.196. The van der Waals surface area contributed by atoms with E-state index in [1.165, 1.54) is 29.0 Å². The Morgan fingerprint density at radius 2 is 1.66 bits per heavy atom. The predicted molar refractivity (Wildman–Crippen MR) is 126 cm³/mol. The largest absolute Gasteiger partial charge is 0.393 e. The molecule has 2 aromatic carbocycles. The van der Waals surface area contributed by atoms with Gasteiger partial charge in [-0.3, -0.25) is 0 Å². The Balaban J connectivity index is 1.42. The van der Waals surface area contributed by atoms with Crippen LogP contribution in [0.25, 0.3) is 10.2 Å². The van der Waals surface area contributed by atoms with E-state index in [4.69, 9.17) is 9.97 Å². The third kappa shape index (κ3) is 5.11. The minimum atomic E-state index is -0.246. The van der Waals surface area contributed by atoms with Gasteiger partial charge in [0.05, 0.1) is 32.7 Å². The van der Waals surface area contributed by atoms with Gasteiger partial charge in [-0.05, 0) is 55.5 Å². The molecule has 1 aliphatic rings. The molecule has 0 atom stereocenters. The van der Waals surface area contributed by atoms with Crippen molar-refractivity contribution in [1.82, 2.24) is 15.0 Å². The summed E-state index contributed by atoms with van der Waals surface area (Å²) < 4.78 is 14.4. The van der Waals surface area contributed by atoms with Crippen LogP contribution in [0.3, 0.4) is 0 Å².